The number of nitrogens with one attached hydrogen (secondary N) is 2. The van der Waals surface area contributed by atoms with E-state index in [0.29, 0.717) is 18.7 Å². The average Bonchev–Trinajstić information content (AvgIpc) is 2.81. The van der Waals surface area contributed by atoms with E-state index < -0.39 is 6.04 Å². The first-order chi connectivity index (χ1) is 15.4. The minimum Gasteiger partial charge on any atom is -0.497 e. The van der Waals surface area contributed by atoms with Crippen LogP contribution in [0.4, 0.5) is 0 Å². The Morgan fingerprint density at radius 1 is 1.03 bits per heavy atom. The van der Waals surface area contributed by atoms with Gasteiger partial charge in [0.25, 0.3) is 5.91 Å². The molecule has 8 heteroatoms. The van der Waals surface area contributed by atoms with Gasteiger partial charge in [-0.15, -0.1) is 0 Å². The van der Waals surface area contributed by atoms with E-state index in [4.69, 9.17) is 9.47 Å². The molecule has 2 aromatic rings. The molecule has 2 aromatic carbocycles. The number of likely N-dealkylation sites (N-methyl/N-ethyl adjacent to an activating group) is 1. The molecule has 2 rings (SSSR count). The van der Waals surface area contributed by atoms with Crippen molar-refractivity contribution >= 4 is 23.6 Å². The number of benzene rings is 2. The Morgan fingerprint density at radius 2 is 1.72 bits per heavy atom. The molecule has 0 spiro atoms. The number of carbonyl (C=O) groups is 2. The summed E-state index contributed by atoms with van der Waals surface area (Å²) >= 11 is 1.63. The summed E-state index contributed by atoms with van der Waals surface area (Å²) in [6, 6.07) is 16.3. The van der Waals surface area contributed by atoms with Gasteiger partial charge in [0, 0.05) is 6.54 Å². The minimum atomic E-state index is -0.618. The normalized spacial score (nSPS) is 12.7. The summed E-state index contributed by atoms with van der Waals surface area (Å²) in [5.74, 6) is 1.63. The largest absolute Gasteiger partial charge is 0.497 e. The van der Waals surface area contributed by atoms with Crippen molar-refractivity contribution in [1.29, 1.82) is 0 Å². The molecule has 0 aliphatic heterocycles. The van der Waals surface area contributed by atoms with E-state index in [-0.39, 0.29) is 24.5 Å². The van der Waals surface area contributed by atoms with Gasteiger partial charge < -0.3 is 25.0 Å². The molecule has 0 saturated carbocycles. The predicted octanol–water partition coefficient (Wildman–Crippen LogP) is 2.73. The van der Waals surface area contributed by atoms with Crippen molar-refractivity contribution < 1.29 is 19.1 Å². The van der Waals surface area contributed by atoms with Crippen molar-refractivity contribution in [2.75, 3.05) is 46.4 Å². The van der Waals surface area contributed by atoms with Crippen LogP contribution >= 0.6 is 11.8 Å². The molecule has 0 aromatic heterocycles. The number of rotatable bonds is 13. The summed E-state index contributed by atoms with van der Waals surface area (Å²) in [6.07, 6.45) is 2.51. The number of amides is 2. The van der Waals surface area contributed by atoms with Crippen molar-refractivity contribution in [3.8, 4) is 11.5 Å². The zero-order valence-electron chi connectivity index (χ0n) is 19.2. The zero-order valence-corrected chi connectivity index (χ0v) is 20.0. The molecule has 2 N–H and O–H groups in total. The maximum atomic E-state index is 12.9. The van der Waals surface area contributed by atoms with Crippen LogP contribution < -0.4 is 20.1 Å². The number of nitrogens with zero attached hydrogens (tertiary/aromatic N) is 1. The van der Waals surface area contributed by atoms with E-state index in [1.54, 1.807) is 31.0 Å². The first-order valence-corrected chi connectivity index (χ1v) is 11.9. The Labute approximate surface area is 194 Å². The van der Waals surface area contributed by atoms with Crippen molar-refractivity contribution in [3.05, 3.63) is 60.2 Å². The van der Waals surface area contributed by atoms with Gasteiger partial charge in [0.05, 0.1) is 13.2 Å². The lowest BCUT2D eigenvalue weighted by Gasteiger charge is -2.26. The number of thioether (sulfide) groups is 1. The second-order valence-corrected chi connectivity index (χ2v) is 8.49. The van der Waals surface area contributed by atoms with Crippen LogP contribution in [0.3, 0.4) is 0 Å². The highest BCUT2D eigenvalue weighted by Crippen LogP contribution is 2.20. The molecule has 0 bridgehead atoms. The van der Waals surface area contributed by atoms with E-state index in [1.165, 1.54) is 0 Å². The Kier molecular flexibility index (Phi) is 10.9. The van der Waals surface area contributed by atoms with Gasteiger partial charge in [-0.3, -0.25) is 9.59 Å². The molecule has 0 aliphatic carbocycles. The average molecular weight is 460 g/mol. The van der Waals surface area contributed by atoms with E-state index in [1.807, 2.05) is 67.7 Å². The molecule has 7 nitrogen and oxygen atoms in total. The third-order valence-electron chi connectivity index (χ3n) is 4.97. The van der Waals surface area contributed by atoms with Gasteiger partial charge in [-0.05, 0) is 62.4 Å². The molecule has 32 heavy (non-hydrogen) atoms. The van der Waals surface area contributed by atoms with Gasteiger partial charge >= 0.3 is 0 Å². The summed E-state index contributed by atoms with van der Waals surface area (Å²) in [5, 5.41) is 5.81. The quantitative estimate of drug-likeness (QED) is 0.480. The summed E-state index contributed by atoms with van der Waals surface area (Å²) in [5.41, 5.74) is 1.07. The van der Waals surface area contributed by atoms with Gasteiger partial charge in [0.1, 0.15) is 17.5 Å². The number of ether oxygens (including phenoxy) is 2. The van der Waals surface area contributed by atoms with Gasteiger partial charge in [-0.1, -0.05) is 30.3 Å². The fraction of sp³-hybridized carbons (Fsp3) is 0.417. The second-order valence-electron chi connectivity index (χ2n) is 7.50. The number of hydrogen-bond acceptors (Lipinski definition) is 6. The molecule has 0 aliphatic rings. The number of para-hydroxylation sites is 1. The molecule has 0 saturated heterocycles. The Morgan fingerprint density at radius 3 is 2.31 bits per heavy atom. The zero-order chi connectivity index (χ0) is 23.3. The Hall–Kier alpha value is -2.71. The molecule has 0 heterocycles. The lowest BCUT2D eigenvalue weighted by Crippen LogP contribution is -2.49. The highest BCUT2D eigenvalue weighted by atomic mass is 32.2. The highest BCUT2D eigenvalue weighted by Gasteiger charge is 2.23. The van der Waals surface area contributed by atoms with Crippen LogP contribution in [0.2, 0.25) is 0 Å². The van der Waals surface area contributed by atoms with Crippen LogP contribution in [0, 0.1) is 0 Å². The number of hydrogen-bond donors (Lipinski definition) is 2. The summed E-state index contributed by atoms with van der Waals surface area (Å²) < 4.78 is 10.7. The van der Waals surface area contributed by atoms with Crippen molar-refractivity contribution in [2.45, 2.75) is 18.5 Å². The van der Waals surface area contributed by atoms with Crippen molar-refractivity contribution in [2.24, 2.45) is 0 Å². The Bertz CT molecular complexity index is 831. The maximum absolute atomic E-state index is 12.9. The lowest BCUT2D eigenvalue weighted by molar-refractivity contribution is -0.130. The molecule has 2 unspecified atom stereocenters. The number of carbonyl (C=O) groups excluding carboxylic acids is 2. The molecular weight excluding hydrogens is 426 g/mol. The molecule has 0 radical (unpaired) electrons. The summed E-state index contributed by atoms with van der Waals surface area (Å²) in [6.45, 7) is 0.281. The third kappa shape index (κ3) is 8.43. The van der Waals surface area contributed by atoms with E-state index in [0.717, 1.165) is 17.1 Å². The van der Waals surface area contributed by atoms with Crippen LogP contribution in [-0.4, -0.2) is 69.1 Å². The SMILES string of the molecule is COc1ccc(C(CNC(=O)C(CCSC)NC(=O)COc2ccccc2)N(C)C)cc1. The standard InChI is InChI=1S/C24H33N3O4S/c1-27(2)22(18-10-12-19(30-3)13-11-18)16-25-24(29)21(14-15-32-4)26-23(28)17-31-20-8-6-5-7-9-20/h5-13,21-22H,14-17H2,1-4H3,(H,25,29)(H,26,28). The maximum Gasteiger partial charge on any atom is 0.258 e. The summed E-state index contributed by atoms with van der Waals surface area (Å²) in [4.78, 5) is 27.3. The summed E-state index contributed by atoms with van der Waals surface area (Å²) in [7, 11) is 5.57. The topological polar surface area (TPSA) is 79.9 Å². The van der Waals surface area contributed by atoms with Gasteiger partial charge in [0.15, 0.2) is 6.61 Å². The van der Waals surface area contributed by atoms with Crippen LogP contribution in [-0.2, 0) is 9.59 Å². The highest BCUT2D eigenvalue weighted by molar-refractivity contribution is 7.98. The van der Waals surface area contributed by atoms with E-state index in [2.05, 4.69) is 10.6 Å². The van der Waals surface area contributed by atoms with E-state index in [9.17, 15) is 9.59 Å². The van der Waals surface area contributed by atoms with Crippen LogP contribution in [0.15, 0.2) is 54.6 Å². The van der Waals surface area contributed by atoms with E-state index >= 15 is 0 Å². The Balaban J connectivity index is 1.95. The molecule has 174 valence electrons. The van der Waals surface area contributed by atoms with Crippen LogP contribution in [0.5, 0.6) is 11.5 Å². The molecule has 0 fully saturated rings. The fourth-order valence-electron chi connectivity index (χ4n) is 3.15. The predicted molar refractivity (Wildman–Crippen MR) is 129 cm³/mol. The first kappa shape index (κ1) is 25.5. The van der Waals surface area contributed by atoms with Crippen molar-refractivity contribution in [1.82, 2.24) is 15.5 Å². The fourth-order valence-corrected chi connectivity index (χ4v) is 3.62. The first-order valence-electron chi connectivity index (χ1n) is 10.5. The lowest BCUT2D eigenvalue weighted by atomic mass is 10.1. The van der Waals surface area contributed by atoms with Gasteiger partial charge in [-0.25, -0.2) is 0 Å². The second kappa shape index (κ2) is 13.6. The minimum absolute atomic E-state index is 0.0110. The number of methoxy groups -OCH3 is 1. The third-order valence-corrected chi connectivity index (χ3v) is 5.61. The smallest absolute Gasteiger partial charge is 0.258 e. The van der Waals surface area contributed by atoms with Gasteiger partial charge in [-0.2, -0.15) is 11.8 Å². The van der Waals surface area contributed by atoms with Crippen LogP contribution in [0.1, 0.15) is 18.0 Å². The molecule has 2 atom stereocenters. The van der Waals surface area contributed by atoms with Crippen molar-refractivity contribution in [3.63, 3.8) is 0 Å². The monoisotopic (exact) mass is 459 g/mol. The van der Waals surface area contributed by atoms with Gasteiger partial charge in [0.2, 0.25) is 5.91 Å². The molecular formula is C24H33N3O4S. The molecule has 2 amide bonds. The van der Waals surface area contributed by atoms with Crippen LogP contribution in [0.25, 0.3) is 0 Å².